The van der Waals surface area contributed by atoms with Crippen LogP contribution < -0.4 is 4.74 Å². The Bertz CT molecular complexity index is 453. The molecule has 0 saturated heterocycles. The molecule has 0 aromatic heterocycles. The molecule has 1 aromatic carbocycles. The Balaban J connectivity index is 2.37. The highest BCUT2D eigenvalue weighted by atomic mass is 16.5. The van der Waals surface area contributed by atoms with E-state index in [9.17, 15) is 9.59 Å². The molecule has 0 aliphatic rings. The number of hydrogen-bond donors (Lipinski definition) is 1. The zero-order valence-corrected chi connectivity index (χ0v) is 12.1. The number of carbonyl (C=O) groups is 2. The van der Waals surface area contributed by atoms with Crippen molar-refractivity contribution in [2.75, 3.05) is 20.2 Å². The number of nitrogens with zero attached hydrogens (tertiary/aromatic N) is 1. The molecular weight excluding hydrogens is 258 g/mol. The fraction of sp³-hybridized carbons (Fsp3) is 0.467. The van der Waals surface area contributed by atoms with E-state index in [0.29, 0.717) is 11.7 Å². The Morgan fingerprint density at radius 3 is 2.35 bits per heavy atom. The molecule has 0 atom stereocenters. The molecule has 0 saturated carbocycles. The van der Waals surface area contributed by atoms with Crippen LogP contribution in [0.15, 0.2) is 24.3 Å². The number of carbonyl (C=O) groups excluding carboxylic acids is 1. The molecule has 20 heavy (non-hydrogen) atoms. The topological polar surface area (TPSA) is 66.8 Å². The smallest absolute Gasteiger partial charge is 0.323 e. The average Bonchev–Trinajstić information content (AvgIpc) is 2.38. The van der Waals surface area contributed by atoms with Gasteiger partial charge < -0.3 is 14.7 Å². The summed E-state index contributed by atoms with van der Waals surface area (Å²) in [4.78, 5) is 23.2. The molecule has 1 rings (SSSR count). The van der Waals surface area contributed by atoms with E-state index in [1.807, 2.05) is 24.3 Å². The van der Waals surface area contributed by atoms with Crippen LogP contribution in [0.2, 0.25) is 0 Å². The second kappa shape index (κ2) is 7.53. The molecule has 5 nitrogen and oxygen atoms in total. The lowest BCUT2D eigenvalue weighted by molar-refractivity contribution is -0.143. The summed E-state index contributed by atoms with van der Waals surface area (Å²) in [5.74, 6) is -0.0874. The van der Waals surface area contributed by atoms with Crippen LogP contribution in [0.5, 0.6) is 5.75 Å². The van der Waals surface area contributed by atoms with Gasteiger partial charge in [0.05, 0.1) is 13.0 Å². The maximum absolute atomic E-state index is 11.6. The lowest BCUT2D eigenvalue weighted by Gasteiger charge is -2.14. The summed E-state index contributed by atoms with van der Waals surface area (Å²) in [6.07, 6.45) is 0.162. The number of aliphatic carboxylic acids is 1. The van der Waals surface area contributed by atoms with Crippen molar-refractivity contribution in [3.8, 4) is 5.75 Å². The number of ether oxygens (including phenoxy) is 1. The van der Waals surface area contributed by atoms with Gasteiger partial charge in [-0.15, -0.1) is 0 Å². The molecule has 0 heterocycles. The Morgan fingerprint density at radius 2 is 1.85 bits per heavy atom. The third-order valence-corrected chi connectivity index (χ3v) is 2.93. The Hall–Kier alpha value is -2.04. The lowest BCUT2D eigenvalue weighted by Crippen LogP contribution is -2.32. The van der Waals surface area contributed by atoms with Gasteiger partial charge in [0.1, 0.15) is 12.3 Å². The third-order valence-electron chi connectivity index (χ3n) is 2.93. The predicted octanol–water partition coefficient (Wildman–Crippen LogP) is 2.12. The lowest BCUT2D eigenvalue weighted by atomic mass is 10.0. The van der Waals surface area contributed by atoms with Gasteiger partial charge in [-0.2, -0.15) is 0 Å². The molecule has 0 bridgehead atoms. The SMILES string of the molecule is CC(C)c1ccc(OCCC(=O)N(C)CC(=O)O)cc1. The van der Waals surface area contributed by atoms with E-state index >= 15 is 0 Å². The first-order valence-electron chi connectivity index (χ1n) is 6.58. The van der Waals surface area contributed by atoms with Gasteiger partial charge in [-0.3, -0.25) is 9.59 Å². The summed E-state index contributed by atoms with van der Waals surface area (Å²) in [5, 5.41) is 8.58. The summed E-state index contributed by atoms with van der Waals surface area (Å²) < 4.78 is 5.47. The Morgan fingerprint density at radius 1 is 1.25 bits per heavy atom. The molecule has 0 aliphatic heterocycles. The largest absolute Gasteiger partial charge is 0.493 e. The van der Waals surface area contributed by atoms with Crippen LogP contribution in [0.3, 0.4) is 0 Å². The average molecular weight is 279 g/mol. The molecule has 5 heteroatoms. The molecule has 0 radical (unpaired) electrons. The van der Waals surface area contributed by atoms with Crippen LogP contribution in [0.1, 0.15) is 31.7 Å². The summed E-state index contributed by atoms with van der Waals surface area (Å²) >= 11 is 0. The minimum absolute atomic E-state index is 0.162. The van der Waals surface area contributed by atoms with Crippen molar-refractivity contribution in [3.63, 3.8) is 0 Å². The minimum Gasteiger partial charge on any atom is -0.493 e. The van der Waals surface area contributed by atoms with Crippen molar-refractivity contribution in [2.24, 2.45) is 0 Å². The molecule has 0 aliphatic carbocycles. The fourth-order valence-corrected chi connectivity index (χ4v) is 1.69. The van der Waals surface area contributed by atoms with Crippen molar-refractivity contribution >= 4 is 11.9 Å². The normalized spacial score (nSPS) is 10.4. The van der Waals surface area contributed by atoms with Crippen LogP contribution in [0.25, 0.3) is 0 Å². The third kappa shape index (κ3) is 5.30. The number of rotatable bonds is 7. The standard InChI is InChI=1S/C15H21NO4/c1-11(2)12-4-6-13(7-5-12)20-9-8-14(17)16(3)10-15(18)19/h4-7,11H,8-10H2,1-3H3,(H,18,19). The molecule has 1 aromatic rings. The molecule has 110 valence electrons. The maximum atomic E-state index is 11.6. The second-order valence-electron chi connectivity index (χ2n) is 4.97. The number of amides is 1. The molecular formula is C15H21NO4. The first kappa shape index (κ1) is 16.0. The highest BCUT2D eigenvalue weighted by Gasteiger charge is 2.11. The van der Waals surface area contributed by atoms with Crippen molar-refractivity contribution in [3.05, 3.63) is 29.8 Å². The quantitative estimate of drug-likeness (QED) is 0.830. The molecule has 0 unspecified atom stereocenters. The minimum atomic E-state index is -1.02. The summed E-state index contributed by atoms with van der Waals surface area (Å²) in [7, 11) is 1.47. The number of carboxylic acid groups (broad SMARTS) is 1. The van der Waals surface area contributed by atoms with Gasteiger partial charge in [0, 0.05) is 7.05 Å². The van der Waals surface area contributed by atoms with Gasteiger partial charge in [0.25, 0.3) is 0 Å². The van der Waals surface area contributed by atoms with E-state index in [2.05, 4.69) is 13.8 Å². The highest BCUT2D eigenvalue weighted by Crippen LogP contribution is 2.18. The van der Waals surface area contributed by atoms with Gasteiger partial charge >= 0.3 is 5.97 Å². The summed E-state index contributed by atoms with van der Waals surface area (Å²) in [6, 6.07) is 7.75. The van der Waals surface area contributed by atoms with E-state index in [1.165, 1.54) is 17.5 Å². The summed E-state index contributed by atoms with van der Waals surface area (Å²) in [6.45, 7) is 4.19. The van der Waals surface area contributed by atoms with E-state index in [-0.39, 0.29) is 25.5 Å². The van der Waals surface area contributed by atoms with Gasteiger partial charge in [0.15, 0.2) is 0 Å². The first-order valence-corrected chi connectivity index (χ1v) is 6.58. The van der Waals surface area contributed by atoms with Gasteiger partial charge in [-0.25, -0.2) is 0 Å². The van der Waals surface area contributed by atoms with Gasteiger partial charge in [0.2, 0.25) is 5.91 Å². The molecule has 1 N–H and O–H groups in total. The monoisotopic (exact) mass is 279 g/mol. The van der Waals surface area contributed by atoms with Crippen LogP contribution in [0, 0.1) is 0 Å². The van der Waals surface area contributed by atoms with E-state index in [4.69, 9.17) is 9.84 Å². The van der Waals surface area contributed by atoms with Gasteiger partial charge in [-0.05, 0) is 23.6 Å². The number of benzene rings is 1. The first-order chi connectivity index (χ1) is 9.40. The van der Waals surface area contributed by atoms with Gasteiger partial charge in [-0.1, -0.05) is 26.0 Å². The number of hydrogen-bond acceptors (Lipinski definition) is 3. The maximum Gasteiger partial charge on any atom is 0.323 e. The Kier molecular flexibility index (Phi) is 6.03. The number of carboxylic acids is 1. The van der Waals surface area contributed by atoms with E-state index in [1.54, 1.807) is 0 Å². The van der Waals surface area contributed by atoms with Crippen molar-refractivity contribution in [1.29, 1.82) is 0 Å². The van der Waals surface area contributed by atoms with Crippen molar-refractivity contribution in [1.82, 2.24) is 4.90 Å². The highest BCUT2D eigenvalue weighted by molar-refractivity contribution is 5.81. The van der Waals surface area contributed by atoms with Crippen LogP contribution in [0.4, 0.5) is 0 Å². The van der Waals surface area contributed by atoms with Crippen LogP contribution >= 0.6 is 0 Å². The van der Waals surface area contributed by atoms with Crippen molar-refractivity contribution in [2.45, 2.75) is 26.2 Å². The van der Waals surface area contributed by atoms with E-state index < -0.39 is 5.97 Å². The zero-order chi connectivity index (χ0) is 15.1. The molecule has 1 amide bonds. The second-order valence-corrected chi connectivity index (χ2v) is 4.97. The van der Waals surface area contributed by atoms with Crippen LogP contribution in [-0.2, 0) is 9.59 Å². The predicted molar refractivity (Wildman–Crippen MR) is 75.9 cm³/mol. The van der Waals surface area contributed by atoms with Crippen LogP contribution in [-0.4, -0.2) is 42.1 Å². The molecule has 0 fully saturated rings. The summed E-state index contributed by atoms with van der Waals surface area (Å²) in [5.41, 5.74) is 1.23. The Labute approximate surface area is 119 Å². The number of likely N-dealkylation sites (N-methyl/N-ethyl adjacent to an activating group) is 1. The molecule has 0 spiro atoms. The zero-order valence-electron chi connectivity index (χ0n) is 12.1. The van der Waals surface area contributed by atoms with E-state index in [0.717, 1.165) is 0 Å². The van der Waals surface area contributed by atoms with Crippen molar-refractivity contribution < 1.29 is 19.4 Å². The fourth-order valence-electron chi connectivity index (χ4n) is 1.69.